The van der Waals surface area contributed by atoms with Gasteiger partial charge < -0.3 is 5.73 Å². The van der Waals surface area contributed by atoms with Crippen LogP contribution >= 0.6 is 11.3 Å². The second kappa shape index (κ2) is 5.21. The van der Waals surface area contributed by atoms with Gasteiger partial charge in [0.05, 0.1) is 17.4 Å². The fourth-order valence-electron chi connectivity index (χ4n) is 2.23. The number of thiazole rings is 1. The zero-order valence-electron chi connectivity index (χ0n) is 14.1. The van der Waals surface area contributed by atoms with E-state index in [-0.39, 0.29) is 16.9 Å². The average molecular weight is 306 g/mol. The van der Waals surface area contributed by atoms with E-state index < -0.39 is 0 Å². The SMILES string of the molecule is Cn1cc(C(N)c2nc(C(C)(C)C)cs2)c(C(C)(C)C)n1. The van der Waals surface area contributed by atoms with Crippen molar-refractivity contribution in [2.45, 2.75) is 58.4 Å². The molecule has 2 heterocycles. The standard InChI is InChI=1S/C16H26N4S/c1-15(2,3)11-9-21-14(18-11)12(17)10-8-20(7)19-13(10)16(4,5)6/h8-9,12H,17H2,1-7H3. The van der Waals surface area contributed by atoms with Crippen molar-refractivity contribution in [3.05, 3.63) is 33.5 Å². The van der Waals surface area contributed by atoms with E-state index in [0.717, 1.165) is 22.0 Å². The summed E-state index contributed by atoms with van der Waals surface area (Å²) in [6, 6.07) is -0.214. The summed E-state index contributed by atoms with van der Waals surface area (Å²) in [7, 11) is 1.94. The lowest BCUT2D eigenvalue weighted by Crippen LogP contribution is -2.20. The monoisotopic (exact) mass is 306 g/mol. The molecule has 2 N–H and O–H groups in total. The van der Waals surface area contributed by atoms with Crippen LogP contribution in [0.1, 0.15) is 69.5 Å². The first-order valence-electron chi connectivity index (χ1n) is 7.25. The van der Waals surface area contributed by atoms with Gasteiger partial charge in [0.25, 0.3) is 0 Å². The van der Waals surface area contributed by atoms with Crippen molar-refractivity contribution in [1.29, 1.82) is 0 Å². The molecule has 2 aromatic rings. The van der Waals surface area contributed by atoms with Gasteiger partial charge in [-0.05, 0) is 0 Å². The molecule has 21 heavy (non-hydrogen) atoms. The molecular weight excluding hydrogens is 280 g/mol. The normalized spacial score (nSPS) is 14.5. The largest absolute Gasteiger partial charge is 0.318 e. The lowest BCUT2D eigenvalue weighted by atomic mass is 9.88. The van der Waals surface area contributed by atoms with E-state index in [1.165, 1.54) is 0 Å². The number of rotatable bonds is 2. The molecule has 0 aliphatic carbocycles. The number of aromatic nitrogens is 3. The van der Waals surface area contributed by atoms with Crippen molar-refractivity contribution in [2.75, 3.05) is 0 Å². The van der Waals surface area contributed by atoms with Gasteiger partial charge >= 0.3 is 0 Å². The van der Waals surface area contributed by atoms with E-state index in [4.69, 9.17) is 10.7 Å². The van der Waals surface area contributed by atoms with Gasteiger partial charge in [-0.3, -0.25) is 4.68 Å². The molecule has 0 spiro atoms. The molecule has 4 nitrogen and oxygen atoms in total. The molecule has 116 valence electrons. The van der Waals surface area contributed by atoms with Crippen LogP contribution in [-0.2, 0) is 17.9 Å². The van der Waals surface area contributed by atoms with Crippen LogP contribution in [0.3, 0.4) is 0 Å². The first kappa shape index (κ1) is 16.2. The molecule has 2 aromatic heterocycles. The summed E-state index contributed by atoms with van der Waals surface area (Å²) in [5.74, 6) is 0. The summed E-state index contributed by atoms with van der Waals surface area (Å²) in [4.78, 5) is 4.75. The van der Waals surface area contributed by atoms with E-state index in [0.29, 0.717) is 0 Å². The lowest BCUT2D eigenvalue weighted by molar-refractivity contribution is 0.544. The Labute approximate surface area is 131 Å². The maximum Gasteiger partial charge on any atom is 0.114 e. The van der Waals surface area contributed by atoms with Gasteiger partial charge in [0.2, 0.25) is 0 Å². The summed E-state index contributed by atoms with van der Waals surface area (Å²) in [5.41, 5.74) is 9.71. The van der Waals surface area contributed by atoms with E-state index >= 15 is 0 Å². The molecule has 0 fully saturated rings. The molecule has 0 aliphatic rings. The zero-order chi connectivity index (χ0) is 16.0. The molecule has 1 atom stereocenters. The summed E-state index contributed by atoms with van der Waals surface area (Å²) >= 11 is 1.63. The van der Waals surface area contributed by atoms with E-state index in [9.17, 15) is 0 Å². The summed E-state index contributed by atoms with van der Waals surface area (Å²) in [5, 5.41) is 7.67. The third kappa shape index (κ3) is 3.35. The molecule has 0 radical (unpaired) electrons. The van der Waals surface area contributed by atoms with E-state index in [2.05, 4.69) is 52.0 Å². The predicted molar refractivity (Wildman–Crippen MR) is 88.8 cm³/mol. The van der Waals surface area contributed by atoms with Crippen LogP contribution in [-0.4, -0.2) is 14.8 Å². The van der Waals surface area contributed by atoms with Crippen LogP contribution in [0.25, 0.3) is 0 Å². The van der Waals surface area contributed by atoms with Crippen LogP contribution in [0.4, 0.5) is 0 Å². The van der Waals surface area contributed by atoms with Crippen molar-refractivity contribution < 1.29 is 0 Å². The van der Waals surface area contributed by atoms with E-state index in [1.807, 2.05) is 17.9 Å². The van der Waals surface area contributed by atoms with Gasteiger partial charge in [-0.15, -0.1) is 11.3 Å². The Bertz CT molecular complexity index is 625. The Balaban J connectivity index is 2.41. The first-order valence-corrected chi connectivity index (χ1v) is 8.13. The molecule has 0 saturated carbocycles. The predicted octanol–water partition coefficient (Wildman–Crippen LogP) is 3.52. The molecule has 0 amide bonds. The summed E-state index contributed by atoms with van der Waals surface area (Å²) < 4.78 is 1.84. The molecule has 0 bridgehead atoms. The van der Waals surface area contributed by atoms with Crippen LogP contribution in [0.2, 0.25) is 0 Å². The van der Waals surface area contributed by atoms with Crippen molar-refractivity contribution in [2.24, 2.45) is 12.8 Å². The Morgan fingerprint density at radius 3 is 2.24 bits per heavy atom. The fraction of sp³-hybridized carbons (Fsp3) is 0.625. The maximum atomic E-state index is 6.48. The van der Waals surface area contributed by atoms with Crippen molar-refractivity contribution in [3.63, 3.8) is 0 Å². The van der Waals surface area contributed by atoms with Gasteiger partial charge in [-0.1, -0.05) is 41.5 Å². The number of hydrogen-bond acceptors (Lipinski definition) is 4. The van der Waals surface area contributed by atoms with Gasteiger partial charge in [0.15, 0.2) is 0 Å². The zero-order valence-corrected chi connectivity index (χ0v) is 14.9. The molecular formula is C16H26N4S. The van der Waals surface area contributed by atoms with Gasteiger partial charge in [-0.2, -0.15) is 5.10 Å². The van der Waals surface area contributed by atoms with Crippen molar-refractivity contribution in [3.8, 4) is 0 Å². The maximum absolute atomic E-state index is 6.48. The Morgan fingerprint density at radius 1 is 1.14 bits per heavy atom. The lowest BCUT2D eigenvalue weighted by Gasteiger charge is -2.19. The highest BCUT2D eigenvalue weighted by atomic mass is 32.1. The smallest absolute Gasteiger partial charge is 0.114 e. The van der Waals surface area contributed by atoms with Gasteiger partial charge in [-0.25, -0.2) is 4.98 Å². The number of nitrogens with zero attached hydrogens (tertiary/aromatic N) is 3. The molecule has 0 saturated heterocycles. The number of aryl methyl sites for hydroxylation is 1. The fourth-order valence-corrected chi connectivity index (χ4v) is 3.29. The van der Waals surface area contributed by atoms with Gasteiger partial charge in [0, 0.05) is 35.0 Å². The van der Waals surface area contributed by atoms with Crippen molar-refractivity contribution in [1.82, 2.24) is 14.8 Å². The third-order valence-corrected chi connectivity index (χ3v) is 4.39. The minimum Gasteiger partial charge on any atom is -0.318 e. The minimum absolute atomic E-state index is 0.0294. The number of nitrogens with two attached hydrogens (primary N) is 1. The van der Waals surface area contributed by atoms with Crippen LogP contribution < -0.4 is 5.73 Å². The highest BCUT2D eigenvalue weighted by Crippen LogP contribution is 2.33. The Kier molecular flexibility index (Phi) is 4.02. The highest BCUT2D eigenvalue weighted by Gasteiger charge is 2.28. The summed E-state index contributed by atoms with van der Waals surface area (Å²) in [6.45, 7) is 13.0. The van der Waals surface area contributed by atoms with E-state index in [1.54, 1.807) is 11.3 Å². The molecule has 2 rings (SSSR count). The highest BCUT2D eigenvalue weighted by molar-refractivity contribution is 7.09. The van der Waals surface area contributed by atoms with Gasteiger partial charge in [0.1, 0.15) is 5.01 Å². The van der Waals surface area contributed by atoms with Crippen LogP contribution in [0, 0.1) is 0 Å². The Morgan fingerprint density at radius 2 is 1.76 bits per heavy atom. The van der Waals surface area contributed by atoms with Crippen LogP contribution in [0.15, 0.2) is 11.6 Å². The second-order valence-corrected chi connectivity index (χ2v) is 8.55. The summed E-state index contributed by atoms with van der Waals surface area (Å²) in [6.07, 6.45) is 2.02. The minimum atomic E-state index is -0.214. The number of hydrogen-bond donors (Lipinski definition) is 1. The van der Waals surface area contributed by atoms with Crippen molar-refractivity contribution >= 4 is 11.3 Å². The first-order chi connectivity index (χ1) is 9.50. The molecule has 0 aliphatic heterocycles. The average Bonchev–Trinajstić information content (AvgIpc) is 2.92. The topological polar surface area (TPSA) is 56.7 Å². The molecule has 5 heteroatoms. The van der Waals surface area contributed by atoms with Crippen LogP contribution in [0.5, 0.6) is 0 Å². The third-order valence-electron chi connectivity index (χ3n) is 3.46. The second-order valence-electron chi connectivity index (χ2n) is 7.66. The molecule has 0 aromatic carbocycles. The molecule has 1 unspecified atom stereocenters. The Hall–Kier alpha value is -1.20. The quantitative estimate of drug-likeness (QED) is 0.923.